The van der Waals surface area contributed by atoms with Gasteiger partial charge in [-0.15, -0.1) is 4.41 Å². The number of carbonyl (C=O) groups is 2. The van der Waals surface area contributed by atoms with E-state index in [2.05, 4.69) is 5.43 Å². The van der Waals surface area contributed by atoms with Crippen LogP contribution in [0.25, 0.3) is 6.08 Å². The normalized spacial score (nSPS) is 13.9. The van der Waals surface area contributed by atoms with Crippen LogP contribution >= 0.6 is 0 Å². The van der Waals surface area contributed by atoms with Gasteiger partial charge in [-0.25, -0.2) is 8.42 Å². The fourth-order valence-electron chi connectivity index (χ4n) is 4.28. The highest BCUT2D eigenvalue weighted by molar-refractivity contribution is 7.89. The smallest absolute Gasteiger partial charge is 0.310 e. The maximum Gasteiger partial charge on any atom is 0.310 e. The van der Waals surface area contributed by atoms with Gasteiger partial charge in [-0.1, -0.05) is 100 Å². The third-order valence-corrected chi connectivity index (χ3v) is 7.95. The third kappa shape index (κ3) is 11.6. The largest absolute Gasteiger partial charge is 0.460 e. The zero-order chi connectivity index (χ0) is 29.8. The Balaban J connectivity index is 2.42. The van der Waals surface area contributed by atoms with Gasteiger partial charge in [0.1, 0.15) is 5.60 Å². The first-order valence-corrected chi connectivity index (χ1v) is 15.7. The molecular weight excluding hydrogens is 524 g/mol. The highest BCUT2D eigenvalue weighted by atomic mass is 32.2. The number of hydrogen-bond acceptors (Lipinski definition) is 5. The van der Waals surface area contributed by atoms with Gasteiger partial charge < -0.3 is 4.74 Å². The summed E-state index contributed by atoms with van der Waals surface area (Å²) in [5.74, 6) is -2.57. The molecule has 0 aliphatic heterocycles. The summed E-state index contributed by atoms with van der Waals surface area (Å²) in [5.41, 5.74) is 3.69. The maximum absolute atomic E-state index is 13.9. The lowest BCUT2D eigenvalue weighted by Gasteiger charge is -2.31. The second-order valence-corrected chi connectivity index (χ2v) is 13.6. The molecule has 8 heteroatoms. The van der Waals surface area contributed by atoms with Gasteiger partial charge in [0.05, 0.1) is 24.1 Å². The fraction of sp³-hybridized carbons (Fsp3) is 0.500. The molecule has 2 aromatic carbocycles. The van der Waals surface area contributed by atoms with Crippen LogP contribution in [0.5, 0.6) is 0 Å². The van der Waals surface area contributed by atoms with Crippen molar-refractivity contribution >= 4 is 28.0 Å². The zero-order valence-corrected chi connectivity index (χ0v) is 25.6. The summed E-state index contributed by atoms with van der Waals surface area (Å²) >= 11 is 0. The zero-order valence-electron chi connectivity index (χ0n) is 24.8. The van der Waals surface area contributed by atoms with E-state index >= 15 is 0 Å². The van der Waals surface area contributed by atoms with Crippen molar-refractivity contribution in [3.63, 3.8) is 0 Å². The summed E-state index contributed by atoms with van der Waals surface area (Å²) in [6.07, 6.45) is 5.64. The number of nitrogens with one attached hydrogen (secondary N) is 1. The molecule has 0 saturated heterocycles. The van der Waals surface area contributed by atoms with E-state index in [1.807, 2.05) is 93.6 Å². The molecule has 2 aromatic rings. The molecule has 0 fully saturated rings. The summed E-state index contributed by atoms with van der Waals surface area (Å²) < 4.78 is 33.4. The van der Waals surface area contributed by atoms with E-state index in [-0.39, 0.29) is 24.6 Å². The number of unbranched alkanes of at least 4 members (excludes halogenated alkanes) is 1. The quantitative estimate of drug-likeness (QED) is 0.198. The van der Waals surface area contributed by atoms with Crippen LogP contribution in [0.1, 0.15) is 78.4 Å². The lowest BCUT2D eigenvalue weighted by molar-refractivity contribution is -0.164. The molecule has 0 heterocycles. The molecule has 2 atom stereocenters. The number of allylic oxidation sites excluding steroid dienone is 1. The van der Waals surface area contributed by atoms with Crippen molar-refractivity contribution in [1.82, 2.24) is 9.84 Å². The monoisotopic (exact) mass is 570 g/mol. The number of sulfonamides is 1. The topological polar surface area (TPSA) is 92.8 Å². The van der Waals surface area contributed by atoms with Gasteiger partial charge in [0, 0.05) is 0 Å². The summed E-state index contributed by atoms with van der Waals surface area (Å²) in [7, 11) is -3.80. The Kier molecular flexibility index (Phi) is 13.1. The van der Waals surface area contributed by atoms with Crippen LogP contribution in [0.4, 0.5) is 0 Å². The van der Waals surface area contributed by atoms with Gasteiger partial charge in [0.15, 0.2) is 0 Å². The van der Waals surface area contributed by atoms with Crippen molar-refractivity contribution in [3.8, 4) is 0 Å². The Morgan fingerprint density at radius 1 is 0.975 bits per heavy atom. The van der Waals surface area contributed by atoms with Crippen LogP contribution in [0.15, 0.2) is 66.7 Å². The first kappa shape index (κ1) is 33.2. The van der Waals surface area contributed by atoms with Crippen LogP contribution in [0, 0.1) is 17.8 Å². The molecule has 2 rings (SSSR count). The number of carbonyl (C=O) groups excluding carboxylic acids is 2. The molecule has 1 N–H and O–H groups in total. The van der Waals surface area contributed by atoms with Crippen LogP contribution in [-0.2, 0) is 30.9 Å². The van der Waals surface area contributed by atoms with Gasteiger partial charge in [-0.3, -0.25) is 15.0 Å². The highest BCUT2D eigenvalue weighted by Crippen LogP contribution is 2.28. The van der Waals surface area contributed by atoms with Gasteiger partial charge in [0.2, 0.25) is 15.9 Å². The van der Waals surface area contributed by atoms with Gasteiger partial charge >= 0.3 is 5.97 Å². The first-order chi connectivity index (χ1) is 18.8. The molecule has 1 amide bonds. The molecule has 0 aromatic heterocycles. The first-order valence-electron chi connectivity index (χ1n) is 14.1. The number of ether oxygens (including phenoxy) is 1. The van der Waals surface area contributed by atoms with Gasteiger partial charge in [-0.05, 0) is 57.1 Å². The summed E-state index contributed by atoms with van der Waals surface area (Å²) in [6.45, 7) is 11.3. The minimum atomic E-state index is -3.80. The molecule has 0 aliphatic rings. The molecule has 220 valence electrons. The van der Waals surface area contributed by atoms with Crippen LogP contribution in [0.3, 0.4) is 0 Å². The van der Waals surface area contributed by atoms with Crippen molar-refractivity contribution in [2.75, 3.05) is 5.75 Å². The molecule has 0 unspecified atom stereocenters. The average Bonchev–Trinajstić information content (AvgIpc) is 2.88. The standard InChI is InChI=1S/C32H46N2O5S/c1-7-8-22-40(37,38)34(24-27-18-13-10-14-19-27)33-30(35)29(23-25(2)3)28(31(36)39-32(4,5)6)21-15-20-26-16-11-9-12-17-26/h9-20,25,28-29H,7-8,21-24H2,1-6H3,(H,33,35)/t28-,29-/m0/s1. The lowest BCUT2D eigenvalue weighted by Crippen LogP contribution is -2.50. The SMILES string of the molecule is CCCCS(=O)(=O)N(Cc1ccccc1)NC(=O)[C@@H](CC(C)C)[C@H](CC=Cc1ccccc1)C(=O)OC(C)(C)C. The lowest BCUT2D eigenvalue weighted by atomic mass is 9.82. The molecule has 0 aliphatic carbocycles. The van der Waals surface area contributed by atoms with E-state index < -0.39 is 39.3 Å². The van der Waals surface area contributed by atoms with Crippen molar-refractivity contribution in [3.05, 3.63) is 77.9 Å². The number of benzene rings is 2. The number of hydrogen-bond donors (Lipinski definition) is 1. The third-order valence-electron chi connectivity index (χ3n) is 6.25. The highest BCUT2D eigenvalue weighted by Gasteiger charge is 2.38. The van der Waals surface area contributed by atoms with E-state index in [1.54, 1.807) is 20.8 Å². The number of amides is 1. The minimum Gasteiger partial charge on any atom is -0.460 e. The molecule has 0 bridgehead atoms. The van der Waals surface area contributed by atoms with Crippen molar-refractivity contribution < 1.29 is 22.7 Å². The maximum atomic E-state index is 13.9. The average molecular weight is 571 g/mol. The molecular formula is C32H46N2O5S. The molecule has 7 nitrogen and oxygen atoms in total. The number of esters is 1. The second kappa shape index (κ2) is 15.7. The number of rotatable bonds is 15. The summed E-state index contributed by atoms with van der Waals surface area (Å²) in [6, 6.07) is 18.8. The van der Waals surface area contributed by atoms with Crippen LogP contribution in [0.2, 0.25) is 0 Å². The summed E-state index contributed by atoms with van der Waals surface area (Å²) in [5, 5.41) is 0. The molecule has 40 heavy (non-hydrogen) atoms. The van der Waals surface area contributed by atoms with Crippen LogP contribution < -0.4 is 5.43 Å². The Morgan fingerprint density at radius 2 is 1.57 bits per heavy atom. The predicted octanol–water partition coefficient (Wildman–Crippen LogP) is 6.37. The minimum absolute atomic E-state index is 0.00194. The van der Waals surface area contributed by atoms with Crippen molar-refractivity contribution in [1.29, 1.82) is 0 Å². The van der Waals surface area contributed by atoms with E-state index in [0.29, 0.717) is 19.3 Å². The van der Waals surface area contributed by atoms with E-state index in [9.17, 15) is 18.0 Å². The number of hydrazine groups is 1. The molecule has 0 radical (unpaired) electrons. The Labute approximate surface area is 241 Å². The van der Waals surface area contributed by atoms with Gasteiger partial charge in [0.25, 0.3) is 0 Å². The fourth-order valence-corrected chi connectivity index (χ4v) is 5.73. The second-order valence-electron chi connectivity index (χ2n) is 11.6. The molecule has 0 spiro atoms. The Hall–Kier alpha value is -2.97. The van der Waals surface area contributed by atoms with Crippen molar-refractivity contribution in [2.45, 2.75) is 79.4 Å². The molecule has 0 saturated carbocycles. The van der Waals surface area contributed by atoms with E-state index in [0.717, 1.165) is 15.5 Å². The Bertz CT molecular complexity index is 1190. The van der Waals surface area contributed by atoms with Gasteiger partial charge in [-0.2, -0.15) is 0 Å². The number of nitrogens with zero attached hydrogens (tertiary/aromatic N) is 1. The Morgan fingerprint density at radius 3 is 2.12 bits per heavy atom. The predicted molar refractivity (Wildman–Crippen MR) is 161 cm³/mol. The van der Waals surface area contributed by atoms with Crippen molar-refractivity contribution in [2.24, 2.45) is 17.8 Å². The van der Waals surface area contributed by atoms with E-state index in [4.69, 9.17) is 4.74 Å². The van der Waals surface area contributed by atoms with E-state index in [1.165, 1.54) is 0 Å². The summed E-state index contributed by atoms with van der Waals surface area (Å²) in [4.78, 5) is 27.4. The van der Waals surface area contributed by atoms with Crippen LogP contribution in [-0.4, -0.2) is 36.1 Å².